The van der Waals surface area contributed by atoms with Crippen LogP contribution in [-0.4, -0.2) is 26.0 Å². The average molecular weight is 305 g/mol. The Bertz CT molecular complexity index is 734. The third kappa shape index (κ3) is 3.48. The van der Waals surface area contributed by atoms with Crippen LogP contribution in [0.3, 0.4) is 0 Å². The molecule has 0 heterocycles. The van der Waals surface area contributed by atoms with Gasteiger partial charge in [0.15, 0.2) is 0 Å². The van der Waals surface area contributed by atoms with Crippen molar-refractivity contribution in [2.45, 2.75) is 11.8 Å². The first-order valence-corrected chi connectivity index (χ1v) is 7.86. The standard InChI is InChI=1S/C15H15NO4S/c1-2-16-21(19,20)14-9-7-12(8-10-14)11-3-5-13(6-4-11)15(17)18/h3-10,16H,2H2,1H3,(H,17,18). The second-order valence-electron chi connectivity index (χ2n) is 4.41. The van der Waals surface area contributed by atoms with Gasteiger partial charge in [-0.25, -0.2) is 17.9 Å². The van der Waals surface area contributed by atoms with Crippen LogP contribution in [0.1, 0.15) is 17.3 Å². The summed E-state index contributed by atoms with van der Waals surface area (Å²) in [5.74, 6) is -0.978. The largest absolute Gasteiger partial charge is 0.478 e. The molecular formula is C15H15NO4S. The molecule has 0 radical (unpaired) electrons. The minimum absolute atomic E-state index is 0.204. The first-order chi connectivity index (χ1) is 9.94. The molecule has 0 amide bonds. The van der Waals surface area contributed by atoms with Crippen LogP contribution in [0, 0.1) is 0 Å². The Morgan fingerprint density at radius 3 is 1.90 bits per heavy atom. The fourth-order valence-corrected chi connectivity index (χ4v) is 2.95. The Balaban J connectivity index is 2.29. The Morgan fingerprint density at radius 1 is 1.00 bits per heavy atom. The highest BCUT2D eigenvalue weighted by atomic mass is 32.2. The summed E-state index contributed by atoms with van der Waals surface area (Å²) in [5.41, 5.74) is 1.86. The summed E-state index contributed by atoms with van der Waals surface area (Å²) in [4.78, 5) is 11.0. The highest BCUT2D eigenvalue weighted by Gasteiger charge is 2.12. The molecule has 0 fully saturated rings. The van der Waals surface area contributed by atoms with E-state index in [1.165, 1.54) is 24.3 Å². The maximum absolute atomic E-state index is 11.8. The predicted molar refractivity (Wildman–Crippen MR) is 79.7 cm³/mol. The van der Waals surface area contributed by atoms with E-state index in [4.69, 9.17) is 5.11 Å². The Kier molecular flexibility index (Phi) is 4.40. The molecule has 0 aromatic heterocycles. The van der Waals surface area contributed by atoms with E-state index in [1.807, 2.05) is 0 Å². The molecule has 0 aliphatic rings. The van der Waals surface area contributed by atoms with E-state index in [1.54, 1.807) is 31.2 Å². The SMILES string of the molecule is CCNS(=O)(=O)c1ccc(-c2ccc(C(=O)O)cc2)cc1. The van der Waals surface area contributed by atoms with Gasteiger partial charge in [0.05, 0.1) is 10.5 Å². The second kappa shape index (κ2) is 6.07. The lowest BCUT2D eigenvalue weighted by molar-refractivity contribution is 0.0697. The van der Waals surface area contributed by atoms with Crippen molar-refractivity contribution in [3.63, 3.8) is 0 Å². The number of aromatic carboxylic acids is 1. The number of carboxylic acid groups (broad SMARTS) is 1. The highest BCUT2D eigenvalue weighted by Crippen LogP contribution is 2.21. The molecule has 0 saturated carbocycles. The molecule has 2 aromatic rings. The summed E-state index contributed by atoms with van der Waals surface area (Å²) < 4.78 is 26.1. The van der Waals surface area contributed by atoms with Crippen LogP contribution in [-0.2, 0) is 10.0 Å². The van der Waals surface area contributed by atoms with Crippen molar-refractivity contribution in [3.8, 4) is 11.1 Å². The van der Waals surface area contributed by atoms with Crippen LogP contribution in [0.15, 0.2) is 53.4 Å². The van der Waals surface area contributed by atoms with Gasteiger partial charge in [-0.15, -0.1) is 0 Å². The molecule has 0 spiro atoms. The monoisotopic (exact) mass is 305 g/mol. The molecule has 6 heteroatoms. The lowest BCUT2D eigenvalue weighted by Crippen LogP contribution is -2.22. The molecule has 0 aliphatic heterocycles. The third-order valence-electron chi connectivity index (χ3n) is 2.96. The zero-order chi connectivity index (χ0) is 15.5. The van der Waals surface area contributed by atoms with E-state index < -0.39 is 16.0 Å². The third-order valence-corrected chi connectivity index (χ3v) is 4.53. The number of benzene rings is 2. The molecule has 2 rings (SSSR count). The van der Waals surface area contributed by atoms with Gasteiger partial charge in [-0.05, 0) is 35.4 Å². The molecule has 5 nitrogen and oxygen atoms in total. The van der Waals surface area contributed by atoms with Gasteiger partial charge in [-0.2, -0.15) is 0 Å². The Morgan fingerprint density at radius 2 is 1.48 bits per heavy atom. The summed E-state index contributed by atoms with van der Waals surface area (Å²) in [7, 11) is -3.45. The quantitative estimate of drug-likeness (QED) is 0.888. The van der Waals surface area contributed by atoms with Crippen molar-refractivity contribution in [1.29, 1.82) is 0 Å². The number of hydrogen-bond acceptors (Lipinski definition) is 3. The van der Waals surface area contributed by atoms with Crippen LogP contribution < -0.4 is 4.72 Å². The van der Waals surface area contributed by atoms with Crippen molar-refractivity contribution in [2.24, 2.45) is 0 Å². The van der Waals surface area contributed by atoms with Crippen molar-refractivity contribution in [3.05, 3.63) is 54.1 Å². The predicted octanol–water partition coefficient (Wildman–Crippen LogP) is 2.35. The summed E-state index contributed by atoms with van der Waals surface area (Å²) in [5, 5.41) is 8.85. The lowest BCUT2D eigenvalue weighted by atomic mass is 10.0. The molecule has 0 unspecified atom stereocenters. The summed E-state index contributed by atoms with van der Waals surface area (Å²) in [6.07, 6.45) is 0. The van der Waals surface area contributed by atoms with Gasteiger partial charge in [0, 0.05) is 6.54 Å². The van der Waals surface area contributed by atoms with E-state index in [-0.39, 0.29) is 10.5 Å². The van der Waals surface area contributed by atoms with Gasteiger partial charge in [-0.3, -0.25) is 0 Å². The molecule has 2 N–H and O–H groups in total. The van der Waals surface area contributed by atoms with Crippen LogP contribution in [0.5, 0.6) is 0 Å². The summed E-state index contributed by atoms with van der Waals surface area (Å²) >= 11 is 0. The first kappa shape index (κ1) is 15.2. The van der Waals surface area contributed by atoms with Gasteiger partial charge in [0.2, 0.25) is 10.0 Å². The molecule has 0 bridgehead atoms. The minimum Gasteiger partial charge on any atom is -0.478 e. The van der Waals surface area contributed by atoms with Gasteiger partial charge in [0.25, 0.3) is 0 Å². The summed E-state index contributed by atoms with van der Waals surface area (Å²) in [6, 6.07) is 12.9. The van der Waals surface area contributed by atoms with E-state index in [2.05, 4.69) is 4.72 Å². The summed E-state index contributed by atoms with van der Waals surface area (Å²) in [6.45, 7) is 2.05. The molecule has 0 aliphatic carbocycles. The zero-order valence-electron chi connectivity index (χ0n) is 11.4. The number of carbonyl (C=O) groups is 1. The number of carboxylic acids is 1. The number of rotatable bonds is 5. The van der Waals surface area contributed by atoms with Crippen LogP contribution in [0.4, 0.5) is 0 Å². The van der Waals surface area contributed by atoms with Gasteiger partial charge < -0.3 is 5.11 Å². The smallest absolute Gasteiger partial charge is 0.335 e. The van der Waals surface area contributed by atoms with Crippen LogP contribution >= 0.6 is 0 Å². The van der Waals surface area contributed by atoms with Crippen molar-refractivity contribution >= 4 is 16.0 Å². The molecular weight excluding hydrogens is 290 g/mol. The van der Waals surface area contributed by atoms with E-state index in [0.717, 1.165) is 11.1 Å². The normalized spacial score (nSPS) is 11.3. The molecule has 110 valence electrons. The van der Waals surface area contributed by atoms with Gasteiger partial charge in [0.1, 0.15) is 0 Å². The molecule has 21 heavy (non-hydrogen) atoms. The number of nitrogens with one attached hydrogen (secondary N) is 1. The minimum atomic E-state index is -3.45. The van der Waals surface area contributed by atoms with E-state index in [9.17, 15) is 13.2 Å². The Labute approximate surface area is 123 Å². The van der Waals surface area contributed by atoms with E-state index >= 15 is 0 Å². The Hall–Kier alpha value is -2.18. The maximum atomic E-state index is 11.8. The first-order valence-electron chi connectivity index (χ1n) is 6.37. The van der Waals surface area contributed by atoms with Crippen LogP contribution in [0.2, 0.25) is 0 Å². The highest BCUT2D eigenvalue weighted by molar-refractivity contribution is 7.89. The number of sulfonamides is 1. The van der Waals surface area contributed by atoms with Crippen LogP contribution in [0.25, 0.3) is 11.1 Å². The maximum Gasteiger partial charge on any atom is 0.335 e. The topological polar surface area (TPSA) is 83.5 Å². The lowest BCUT2D eigenvalue weighted by Gasteiger charge is -2.06. The molecule has 0 saturated heterocycles. The fourth-order valence-electron chi connectivity index (χ4n) is 1.91. The molecule has 2 aromatic carbocycles. The van der Waals surface area contributed by atoms with Crippen molar-refractivity contribution < 1.29 is 18.3 Å². The van der Waals surface area contributed by atoms with E-state index in [0.29, 0.717) is 6.54 Å². The average Bonchev–Trinajstić information content (AvgIpc) is 2.47. The zero-order valence-corrected chi connectivity index (χ0v) is 12.2. The second-order valence-corrected chi connectivity index (χ2v) is 6.18. The van der Waals surface area contributed by atoms with Gasteiger partial charge in [-0.1, -0.05) is 31.2 Å². The van der Waals surface area contributed by atoms with Crippen molar-refractivity contribution in [2.75, 3.05) is 6.54 Å². The fraction of sp³-hybridized carbons (Fsp3) is 0.133. The van der Waals surface area contributed by atoms with Gasteiger partial charge >= 0.3 is 5.97 Å². The van der Waals surface area contributed by atoms with Crippen molar-refractivity contribution in [1.82, 2.24) is 4.72 Å². The number of hydrogen-bond donors (Lipinski definition) is 2. The molecule has 0 atom stereocenters.